The fourth-order valence-corrected chi connectivity index (χ4v) is 3.92. The fraction of sp³-hybridized carbons (Fsp3) is 0.278. The summed E-state index contributed by atoms with van der Waals surface area (Å²) in [4.78, 5) is 13.3. The van der Waals surface area contributed by atoms with Crippen molar-refractivity contribution in [3.8, 4) is 0 Å². The number of nitrogens with one attached hydrogen (secondary N) is 1. The van der Waals surface area contributed by atoms with Crippen molar-refractivity contribution in [3.05, 3.63) is 65.0 Å². The molecular formula is C18H19FN2O3S. The minimum absolute atomic E-state index is 0.0309. The molecule has 132 valence electrons. The van der Waals surface area contributed by atoms with Crippen molar-refractivity contribution in [2.75, 3.05) is 6.54 Å². The van der Waals surface area contributed by atoms with Crippen LogP contribution in [0.2, 0.25) is 0 Å². The maximum atomic E-state index is 13.6. The number of rotatable bonds is 4. The van der Waals surface area contributed by atoms with Crippen LogP contribution in [0.25, 0.3) is 0 Å². The first-order valence-corrected chi connectivity index (χ1v) is 9.45. The summed E-state index contributed by atoms with van der Waals surface area (Å²) < 4.78 is 41.1. The number of carbonyl (C=O) groups excluding carboxylic acids is 1. The van der Waals surface area contributed by atoms with E-state index in [9.17, 15) is 17.6 Å². The Labute approximate surface area is 146 Å². The van der Waals surface area contributed by atoms with Crippen LogP contribution in [0.1, 0.15) is 23.6 Å². The molecule has 5 nitrogen and oxygen atoms in total. The number of sulfonamides is 1. The molecule has 0 aromatic heterocycles. The first kappa shape index (κ1) is 17.6. The molecule has 0 bridgehead atoms. The van der Waals surface area contributed by atoms with Crippen molar-refractivity contribution in [3.63, 3.8) is 0 Å². The van der Waals surface area contributed by atoms with Crippen molar-refractivity contribution in [1.29, 1.82) is 0 Å². The van der Waals surface area contributed by atoms with Gasteiger partial charge in [0.15, 0.2) is 0 Å². The van der Waals surface area contributed by atoms with Crippen LogP contribution in [-0.2, 0) is 34.3 Å². The van der Waals surface area contributed by atoms with Gasteiger partial charge < -0.3 is 4.90 Å². The second kappa shape index (κ2) is 6.93. The molecule has 2 aromatic rings. The van der Waals surface area contributed by atoms with Crippen LogP contribution in [0.4, 0.5) is 4.39 Å². The van der Waals surface area contributed by atoms with Crippen LogP contribution in [0, 0.1) is 5.82 Å². The van der Waals surface area contributed by atoms with E-state index in [-0.39, 0.29) is 22.9 Å². The Morgan fingerprint density at radius 3 is 2.68 bits per heavy atom. The Bertz CT molecular complexity index is 912. The number of amides is 1. The number of halogens is 1. The molecule has 0 fully saturated rings. The van der Waals surface area contributed by atoms with Crippen LogP contribution in [0.5, 0.6) is 0 Å². The number of hydrogen-bond acceptors (Lipinski definition) is 3. The largest absolute Gasteiger partial charge is 0.338 e. The minimum atomic E-state index is -3.77. The first-order chi connectivity index (χ1) is 11.9. The summed E-state index contributed by atoms with van der Waals surface area (Å²) in [5, 5.41) is 0. The van der Waals surface area contributed by atoms with Gasteiger partial charge in [-0.15, -0.1) is 0 Å². The SMILES string of the molecule is CC(=O)N1CCc2ccc(S(=O)(=O)NCc3ccccc3F)cc2C1. The number of nitrogens with zero attached hydrogens (tertiary/aromatic N) is 1. The molecule has 1 N–H and O–H groups in total. The third kappa shape index (κ3) is 3.88. The third-order valence-electron chi connectivity index (χ3n) is 4.36. The zero-order valence-electron chi connectivity index (χ0n) is 13.8. The van der Waals surface area contributed by atoms with Crippen LogP contribution in [0.3, 0.4) is 0 Å². The van der Waals surface area contributed by atoms with Crippen molar-refractivity contribution in [1.82, 2.24) is 9.62 Å². The Morgan fingerprint density at radius 1 is 1.20 bits per heavy atom. The van der Waals surface area contributed by atoms with Gasteiger partial charge in [0.05, 0.1) is 4.90 Å². The number of benzene rings is 2. The van der Waals surface area contributed by atoms with Crippen LogP contribution in [-0.4, -0.2) is 25.8 Å². The van der Waals surface area contributed by atoms with Gasteiger partial charge in [0.2, 0.25) is 15.9 Å². The standard InChI is InChI=1S/C18H19FN2O3S/c1-13(22)21-9-8-14-6-7-17(10-16(14)12-21)25(23,24)20-11-15-4-2-3-5-18(15)19/h2-7,10,20H,8-9,11-12H2,1H3. The molecule has 1 aliphatic rings. The average molecular weight is 362 g/mol. The highest BCUT2D eigenvalue weighted by Gasteiger charge is 2.21. The second-order valence-electron chi connectivity index (χ2n) is 6.04. The number of hydrogen-bond donors (Lipinski definition) is 1. The van der Waals surface area contributed by atoms with Gasteiger partial charge in [0.25, 0.3) is 0 Å². The predicted molar refractivity (Wildman–Crippen MR) is 91.7 cm³/mol. The van der Waals surface area contributed by atoms with Gasteiger partial charge in [-0.2, -0.15) is 0 Å². The monoisotopic (exact) mass is 362 g/mol. The van der Waals surface area contributed by atoms with Crippen LogP contribution >= 0.6 is 0 Å². The van der Waals surface area contributed by atoms with Gasteiger partial charge >= 0.3 is 0 Å². The van der Waals surface area contributed by atoms with Gasteiger partial charge in [-0.25, -0.2) is 17.5 Å². The van der Waals surface area contributed by atoms with Gasteiger partial charge in [-0.05, 0) is 35.7 Å². The average Bonchev–Trinajstić information content (AvgIpc) is 2.60. The van der Waals surface area contributed by atoms with Crippen molar-refractivity contribution in [2.24, 2.45) is 0 Å². The van der Waals surface area contributed by atoms with Crippen molar-refractivity contribution >= 4 is 15.9 Å². The summed E-state index contributed by atoms with van der Waals surface area (Å²) in [6.07, 6.45) is 0.706. The molecule has 0 aliphatic carbocycles. The third-order valence-corrected chi connectivity index (χ3v) is 5.76. The molecule has 7 heteroatoms. The van der Waals surface area contributed by atoms with E-state index in [2.05, 4.69) is 4.72 Å². The molecule has 0 saturated heterocycles. The van der Waals surface area contributed by atoms with E-state index >= 15 is 0 Å². The molecule has 1 aliphatic heterocycles. The van der Waals surface area contributed by atoms with Gasteiger partial charge in [-0.3, -0.25) is 4.79 Å². The summed E-state index contributed by atoms with van der Waals surface area (Å²) >= 11 is 0. The van der Waals surface area contributed by atoms with Crippen LogP contribution in [0.15, 0.2) is 47.4 Å². The summed E-state index contributed by atoms with van der Waals surface area (Å²) in [7, 11) is -3.77. The molecule has 2 aromatic carbocycles. The highest BCUT2D eigenvalue weighted by molar-refractivity contribution is 7.89. The molecule has 0 spiro atoms. The molecule has 0 unspecified atom stereocenters. The number of fused-ring (bicyclic) bond motifs is 1. The zero-order valence-corrected chi connectivity index (χ0v) is 14.6. The lowest BCUT2D eigenvalue weighted by Crippen LogP contribution is -2.34. The fourth-order valence-electron chi connectivity index (χ4n) is 2.87. The highest BCUT2D eigenvalue weighted by atomic mass is 32.2. The lowest BCUT2D eigenvalue weighted by Gasteiger charge is -2.28. The zero-order chi connectivity index (χ0) is 18.0. The second-order valence-corrected chi connectivity index (χ2v) is 7.80. The Hall–Kier alpha value is -2.25. The molecular weight excluding hydrogens is 343 g/mol. The van der Waals surface area contributed by atoms with Crippen molar-refractivity contribution < 1.29 is 17.6 Å². The van der Waals surface area contributed by atoms with E-state index in [1.165, 1.54) is 19.1 Å². The summed E-state index contributed by atoms with van der Waals surface area (Å²) in [6, 6.07) is 11.0. The van der Waals surface area contributed by atoms with Gasteiger partial charge in [0.1, 0.15) is 5.82 Å². The molecule has 25 heavy (non-hydrogen) atoms. The van der Waals surface area contributed by atoms with E-state index in [4.69, 9.17) is 0 Å². The molecule has 1 heterocycles. The van der Waals surface area contributed by atoms with E-state index in [0.717, 1.165) is 11.1 Å². The van der Waals surface area contributed by atoms with E-state index in [1.54, 1.807) is 35.2 Å². The molecule has 3 rings (SSSR count). The Kier molecular flexibility index (Phi) is 4.87. The van der Waals surface area contributed by atoms with Crippen molar-refractivity contribution in [2.45, 2.75) is 31.3 Å². The van der Waals surface area contributed by atoms with E-state index in [1.807, 2.05) is 0 Å². The normalized spacial score (nSPS) is 14.2. The molecule has 0 atom stereocenters. The maximum absolute atomic E-state index is 13.6. The lowest BCUT2D eigenvalue weighted by molar-refractivity contribution is -0.129. The lowest BCUT2D eigenvalue weighted by atomic mass is 10.00. The number of carbonyl (C=O) groups is 1. The van der Waals surface area contributed by atoms with E-state index < -0.39 is 15.8 Å². The minimum Gasteiger partial charge on any atom is -0.338 e. The summed E-state index contributed by atoms with van der Waals surface area (Å²) in [6.45, 7) is 2.43. The maximum Gasteiger partial charge on any atom is 0.240 e. The summed E-state index contributed by atoms with van der Waals surface area (Å²) in [5.74, 6) is -0.482. The van der Waals surface area contributed by atoms with Crippen LogP contribution < -0.4 is 4.72 Å². The quantitative estimate of drug-likeness (QED) is 0.907. The van der Waals surface area contributed by atoms with Gasteiger partial charge in [-0.1, -0.05) is 24.3 Å². The summed E-state index contributed by atoms with van der Waals surface area (Å²) in [5.41, 5.74) is 2.16. The molecule has 1 amide bonds. The first-order valence-electron chi connectivity index (χ1n) is 7.97. The molecule has 0 saturated carbocycles. The highest BCUT2D eigenvalue weighted by Crippen LogP contribution is 2.23. The smallest absolute Gasteiger partial charge is 0.240 e. The Balaban J connectivity index is 1.80. The molecule has 0 radical (unpaired) electrons. The predicted octanol–water partition coefficient (Wildman–Crippen LogP) is 2.21. The van der Waals surface area contributed by atoms with E-state index in [0.29, 0.717) is 19.5 Å². The Morgan fingerprint density at radius 2 is 1.96 bits per heavy atom. The van der Waals surface area contributed by atoms with Gasteiger partial charge in [0, 0.05) is 32.1 Å². The topological polar surface area (TPSA) is 66.5 Å².